The summed E-state index contributed by atoms with van der Waals surface area (Å²) in [6, 6.07) is 15.6. The van der Waals surface area contributed by atoms with E-state index in [1.165, 1.54) is 0 Å². The number of hydrogen-bond donors (Lipinski definition) is 1. The van der Waals surface area contributed by atoms with E-state index in [1.54, 1.807) is 29.2 Å². The van der Waals surface area contributed by atoms with Gasteiger partial charge in [-0.2, -0.15) is 0 Å². The SMILES string of the molecule is CC(C(=O)c1ccccc1)N1CCN(C(=O)C(O)c2ccc(Cl)cc2)CC1. The van der Waals surface area contributed by atoms with Crippen molar-refractivity contribution in [2.24, 2.45) is 0 Å². The summed E-state index contributed by atoms with van der Waals surface area (Å²) in [5.41, 5.74) is 1.22. The van der Waals surface area contributed by atoms with E-state index >= 15 is 0 Å². The van der Waals surface area contributed by atoms with Gasteiger partial charge in [-0.05, 0) is 24.6 Å². The second-order valence-corrected chi connectivity index (χ2v) is 7.16. The summed E-state index contributed by atoms with van der Waals surface area (Å²) in [5.74, 6) is -0.240. The third-order valence-corrected chi connectivity index (χ3v) is 5.28. The Labute approximate surface area is 164 Å². The number of carbonyl (C=O) groups excluding carboxylic acids is 2. The van der Waals surface area contributed by atoms with Gasteiger partial charge in [-0.25, -0.2) is 0 Å². The fourth-order valence-corrected chi connectivity index (χ4v) is 3.43. The van der Waals surface area contributed by atoms with Gasteiger partial charge in [0, 0.05) is 36.8 Å². The summed E-state index contributed by atoms with van der Waals surface area (Å²) in [6.07, 6.45) is -1.20. The molecule has 0 aromatic heterocycles. The lowest BCUT2D eigenvalue weighted by molar-refractivity contribution is -0.142. The Morgan fingerprint density at radius 2 is 1.56 bits per heavy atom. The number of ketones is 1. The van der Waals surface area contributed by atoms with E-state index in [9.17, 15) is 14.7 Å². The van der Waals surface area contributed by atoms with Gasteiger partial charge in [-0.3, -0.25) is 14.5 Å². The first-order valence-electron chi connectivity index (χ1n) is 9.03. The minimum absolute atomic E-state index is 0.0802. The van der Waals surface area contributed by atoms with Crippen LogP contribution in [0.1, 0.15) is 28.9 Å². The summed E-state index contributed by atoms with van der Waals surface area (Å²) < 4.78 is 0. The van der Waals surface area contributed by atoms with Gasteiger partial charge in [0.25, 0.3) is 5.91 Å². The highest BCUT2D eigenvalue weighted by Gasteiger charge is 2.30. The third kappa shape index (κ3) is 4.56. The number of piperazine rings is 1. The van der Waals surface area contributed by atoms with Crippen LogP contribution in [0.25, 0.3) is 0 Å². The zero-order valence-corrected chi connectivity index (χ0v) is 16.0. The molecule has 1 saturated heterocycles. The number of amides is 1. The van der Waals surface area contributed by atoms with Gasteiger partial charge >= 0.3 is 0 Å². The summed E-state index contributed by atoms with van der Waals surface area (Å²) in [6.45, 7) is 4.05. The van der Waals surface area contributed by atoms with Crippen molar-refractivity contribution in [1.82, 2.24) is 9.80 Å². The zero-order chi connectivity index (χ0) is 19.4. The highest BCUT2D eigenvalue weighted by Crippen LogP contribution is 2.20. The maximum atomic E-state index is 12.6. The Hall–Kier alpha value is -2.21. The molecule has 6 heteroatoms. The average molecular weight is 387 g/mol. The molecule has 1 amide bonds. The van der Waals surface area contributed by atoms with Crippen LogP contribution in [0, 0.1) is 0 Å². The Morgan fingerprint density at radius 1 is 0.963 bits per heavy atom. The molecule has 0 bridgehead atoms. The largest absolute Gasteiger partial charge is 0.378 e. The highest BCUT2D eigenvalue weighted by molar-refractivity contribution is 6.30. The number of hydrogen-bond acceptors (Lipinski definition) is 4. The summed E-state index contributed by atoms with van der Waals surface area (Å²) in [4.78, 5) is 28.9. The number of rotatable bonds is 5. The van der Waals surface area contributed by atoms with Gasteiger partial charge in [-0.1, -0.05) is 54.1 Å². The number of halogens is 1. The van der Waals surface area contributed by atoms with Gasteiger partial charge in [0.1, 0.15) is 0 Å². The van der Waals surface area contributed by atoms with E-state index in [4.69, 9.17) is 11.6 Å². The van der Waals surface area contributed by atoms with Crippen LogP contribution in [0.3, 0.4) is 0 Å². The van der Waals surface area contributed by atoms with Crippen molar-refractivity contribution in [1.29, 1.82) is 0 Å². The molecule has 1 N–H and O–H groups in total. The second kappa shape index (κ2) is 8.65. The van der Waals surface area contributed by atoms with Crippen molar-refractivity contribution < 1.29 is 14.7 Å². The van der Waals surface area contributed by atoms with Gasteiger partial charge in [0.05, 0.1) is 6.04 Å². The zero-order valence-electron chi connectivity index (χ0n) is 15.2. The van der Waals surface area contributed by atoms with Crippen molar-refractivity contribution in [2.45, 2.75) is 19.1 Å². The molecule has 5 nitrogen and oxygen atoms in total. The van der Waals surface area contributed by atoms with Crippen molar-refractivity contribution in [3.05, 3.63) is 70.7 Å². The standard InChI is InChI=1S/C21H23ClN2O3/c1-15(19(25)16-5-3-2-4-6-16)23-11-13-24(14-12-23)21(27)20(26)17-7-9-18(22)10-8-17/h2-10,15,20,26H,11-14H2,1H3. The fraction of sp³-hybridized carbons (Fsp3) is 0.333. The molecule has 2 atom stereocenters. The van der Waals surface area contributed by atoms with Crippen LogP contribution in [-0.4, -0.2) is 58.8 Å². The Bertz CT molecular complexity index is 787. The normalized spacial score (nSPS) is 17.4. The summed E-state index contributed by atoms with van der Waals surface area (Å²) in [5, 5.41) is 10.9. The predicted octanol–water partition coefficient (Wildman–Crippen LogP) is 2.79. The van der Waals surface area contributed by atoms with E-state index in [-0.39, 0.29) is 17.7 Å². The fourth-order valence-electron chi connectivity index (χ4n) is 3.30. The molecule has 0 radical (unpaired) electrons. The molecule has 1 aliphatic heterocycles. The van der Waals surface area contributed by atoms with Crippen molar-refractivity contribution >= 4 is 23.3 Å². The first kappa shape index (κ1) is 19.5. The second-order valence-electron chi connectivity index (χ2n) is 6.72. The molecular weight excluding hydrogens is 364 g/mol. The number of aliphatic hydroxyl groups excluding tert-OH is 1. The molecule has 27 heavy (non-hydrogen) atoms. The van der Waals surface area contributed by atoms with Crippen molar-refractivity contribution in [2.75, 3.05) is 26.2 Å². The molecule has 1 aliphatic rings. The molecule has 3 rings (SSSR count). The van der Waals surface area contributed by atoms with Crippen LogP contribution in [0.2, 0.25) is 5.02 Å². The lowest BCUT2D eigenvalue weighted by Gasteiger charge is -2.38. The molecular formula is C21H23ClN2O3. The van der Waals surface area contributed by atoms with Gasteiger partial charge in [-0.15, -0.1) is 0 Å². The smallest absolute Gasteiger partial charge is 0.256 e. The van der Waals surface area contributed by atoms with Crippen molar-refractivity contribution in [3.8, 4) is 0 Å². The molecule has 0 aliphatic carbocycles. The number of aliphatic hydroxyl groups is 1. The van der Waals surface area contributed by atoms with Crippen LogP contribution in [0.4, 0.5) is 0 Å². The molecule has 2 aromatic carbocycles. The lowest BCUT2D eigenvalue weighted by Crippen LogP contribution is -2.53. The lowest BCUT2D eigenvalue weighted by atomic mass is 10.0. The molecule has 1 fully saturated rings. The number of benzene rings is 2. The molecule has 0 spiro atoms. The number of Topliss-reactive ketones (excluding diaryl/α,β-unsaturated/α-hetero) is 1. The van der Waals surface area contributed by atoms with Crippen LogP contribution < -0.4 is 0 Å². The Morgan fingerprint density at radius 3 is 2.15 bits per heavy atom. The van der Waals surface area contributed by atoms with E-state index in [0.29, 0.717) is 42.3 Å². The summed E-state index contributed by atoms with van der Waals surface area (Å²) >= 11 is 5.85. The summed E-state index contributed by atoms with van der Waals surface area (Å²) in [7, 11) is 0. The van der Waals surface area contributed by atoms with Gasteiger partial charge in [0.2, 0.25) is 0 Å². The molecule has 2 aromatic rings. The van der Waals surface area contributed by atoms with Crippen LogP contribution >= 0.6 is 11.6 Å². The maximum absolute atomic E-state index is 12.6. The molecule has 1 heterocycles. The van der Waals surface area contributed by atoms with Crippen LogP contribution in [0.15, 0.2) is 54.6 Å². The van der Waals surface area contributed by atoms with Crippen LogP contribution in [0.5, 0.6) is 0 Å². The first-order chi connectivity index (χ1) is 13.0. The predicted molar refractivity (Wildman–Crippen MR) is 105 cm³/mol. The minimum atomic E-state index is -1.20. The maximum Gasteiger partial charge on any atom is 0.256 e. The highest BCUT2D eigenvalue weighted by atomic mass is 35.5. The topological polar surface area (TPSA) is 60.9 Å². The Balaban J connectivity index is 1.57. The Kier molecular flexibility index (Phi) is 6.26. The van der Waals surface area contributed by atoms with E-state index in [1.807, 2.05) is 37.3 Å². The molecule has 0 saturated carbocycles. The van der Waals surface area contributed by atoms with Crippen molar-refractivity contribution in [3.63, 3.8) is 0 Å². The van der Waals surface area contributed by atoms with E-state index < -0.39 is 6.10 Å². The molecule has 142 valence electrons. The first-order valence-corrected chi connectivity index (χ1v) is 9.41. The average Bonchev–Trinajstić information content (AvgIpc) is 2.73. The van der Waals surface area contributed by atoms with Crippen LogP contribution in [-0.2, 0) is 4.79 Å². The molecule has 2 unspecified atom stereocenters. The van der Waals surface area contributed by atoms with E-state index in [2.05, 4.69) is 4.90 Å². The number of carbonyl (C=O) groups is 2. The van der Waals surface area contributed by atoms with Gasteiger partial charge in [0.15, 0.2) is 11.9 Å². The van der Waals surface area contributed by atoms with E-state index in [0.717, 1.165) is 0 Å². The number of nitrogens with zero attached hydrogens (tertiary/aromatic N) is 2. The van der Waals surface area contributed by atoms with Gasteiger partial charge < -0.3 is 10.0 Å². The minimum Gasteiger partial charge on any atom is -0.378 e. The monoisotopic (exact) mass is 386 g/mol. The third-order valence-electron chi connectivity index (χ3n) is 5.03. The quantitative estimate of drug-likeness (QED) is 0.803.